The van der Waals surface area contributed by atoms with Crippen LogP contribution in [0.3, 0.4) is 0 Å². The minimum atomic E-state index is -4.69. The molecule has 9 nitrogen and oxygen atoms in total. The van der Waals surface area contributed by atoms with Gasteiger partial charge in [0, 0.05) is 27.3 Å². The van der Waals surface area contributed by atoms with Gasteiger partial charge in [0.25, 0.3) is 0 Å². The zero-order valence-corrected chi connectivity index (χ0v) is 10.9. The number of rotatable bonds is 0. The minimum Gasteiger partial charge on any atom is -0.412 e. The molecule has 0 spiro atoms. The van der Waals surface area contributed by atoms with Crippen molar-refractivity contribution in [2.45, 2.75) is 0 Å². The average Bonchev–Trinajstić information content (AvgIpc) is 1.12. The van der Waals surface area contributed by atoms with Gasteiger partial charge >= 0.3 is 0 Å². The molecule has 0 aliphatic heterocycles. The van der Waals surface area contributed by atoms with Crippen molar-refractivity contribution < 1.29 is 90.5 Å². The van der Waals surface area contributed by atoms with Crippen molar-refractivity contribution >= 4 is 0 Å². The zero-order valence-electron chi connectivity index (χ0n) is 5.31. The Balaban J connectivity index is -0.0000000457. The molecule has 0 amide bonds. The second-order valence-electron chi connectivity index (χ2n) is 0.792. The van der Waals surface area contributed by atoms with Gasteiger partial charge < -0.3 is 5.48 Å². The van der Waals surface area contributed by atoms with Crippen LogP contribution >= 0.6 is 0 Å². The Morgan fingerprint density at radius 3 is 0.667 bits per heavy atom. The Labute approximate surface area is 90.4 Å². The molecular weight excluding hydrogens is 327 g/mol. The third-order valence-electron chi connectivity index (χ3n) is 0. The number of hydrogen-bond donors (Lipinski definition) is 2. The summed E-state index contributed by atoms with van der Waals surface area (Å²) in [5.41, 5.74) is 0. The van der Waals surface area contributed by atoms with Crippen LogP contribution in [0.5, 0.6) is 0 Å². The standard InChI is InChI=1S/Cd.2ClHO4.H2O/c;2*2-1(3,4)5;/h;2*(H,2,3,4,5);1H2. The summed E-state index contributed by atoms with van der Waals surface area (Å²) in [5.74, 6) is 0. The molecule has 0 fully saturated rings. The first-order chi connectivity index (χ1) is 4.00. The second-order valence-corrected chi connectivity index (χ2v) is 2.38. The van der Waals surface area contributed by atoms with Gasteiger partial charge in [0.15, 0.2) is 0 Å². The largest absolute Gasteiger partial charge is 0.412 e. The summed E-state index contributed by atoms with van der Waals surface area (Å²) in [5, 5.41) is 0. The fraction of sp³-hybridized carbons (Fsp3) is 0. The van der Waals surface area contributed by atoms with Gasteiger partial charge in [-0.15, -0.1) is 0 Å². The van der Waals surface area contributed by atoms with Gasteiger partial charge in [0.2, 0.25) is 0 Å². The van der Waals surface area contributed by atoms with E-state index in [0.717, 1.165) is 0 Å². The molecular formula is H4CdCl2O9. The summed E-state index contributed by atoms with van der Waals surface area (Å²) >= 11 is 0. The van der Waals surface area contributed by atoms with Crippen LogP contribution < -0.4 is 28.0 Å². The van der Waals surface area contributed by atoms with E-state index < -0.39 is 20.5 Å². The van der Waals surface area contributed by atoms with Crippen molar-refractivity contribution in [3.05, 3.63) is 0 Å². The topological polar surface area (TPSA) is 210 Å². The number of halogens is 2. The van der Waals surface area contributed by atoms with Gasteiger partial charge in [-0.25, -0.2) is 0 Å². The molecule has 0 aromatic carbocycles. The van der Waals surface area contributed by atoms with E-state index in [0.29, 0.717) is 0 Å². The summed E-state index contributed by atoms with van der Waals surface area (Å²) in [4.78, 5) is 0. The maximum absolute atomic E-state index is 8.60. The van der Waals surface area contributed by atoms with Gasteiger partial charge in [-0.1, -0.05) is 0 Å². The molecule has 12 heteroatoms. The molecule has 0 aromatic rings. The summed E-state index contributed by atoms with van der Waals surface area (Å²) in [6.45, 7) is 0. The van der Waals surface area contributed by atoms with Gasteiger partial charge in [-0.05, 0) is 0 Å². The molecule has 0 atom stereocenters. The Morgan fingerprint density at radius 1 is 0.667 bits per heavy atom. The molecule has 0 aromatic heterocycles. The Bertz CT molecular complexity index is 55.5. The van der Waals surface area contributed by atoms with Gasteiger partial charge in [-0.3, -0.25) is 0 Å². The Hall–Kier alpha value is 1.14. The van der Waals surface area contributed by atoms with E-state index in [1.807, 2.05) is 0 Å². The Morgan fingerprint density at radius 2 is 0.667 bits per heavy atom. The van der Waals surface area contributed by atoms with E-state index in [-0.39, 0.29) is 32.8 Å². The van der Waals surface area contributed by atoms with Gasteiger partial charge in [-0.2, -0.15) is 28.0 Å². The van der Waals surface area contributed by atoms with Crippen molar-refractivity contribution in [2.75, 3.05) is 0 Å². The average molecular weight is 331 g/mol. The summed E-state index contributed by atoms with van der Waals surface area (Å²) in [6, 6.07) is 0. The predicted octanol–water partition coefficient (Wildman–Crippen LogP) is -9.08. The third-order valence-corrected chi connectivity index (χ3v) is 0. The molecule has 0 heterocycles. The van der Waals surface area contributed by atoms with Crippen molar-refractivity contribution in [3.8, 4) is 0 Å². The molecule has 0 saturated carbocycles. The molecule has 0 saturated heterocycles. The maximum Gasteiger partial charge on any atom is 0.0777 e. The first-order valence-electron chi connectivity index (χ1n) is 1.26. The van der Waals surface area contributed by atoms with Crippen molar-refractivity contribution in [1.29, 1.82) is 0 Å². The van der Waals surface area contributed by atoms with Crippen LogP contribution in [0, 0.1) is 20.5 Å². The first kappa shape index (κ1) is 23.2. The van der Waals surface area contributed by atoms with E-state index in [2.05, 4.69) is 0 Å². The third kappa shape index (κ3) is 879. The maximum atomic E-state index is 8.60. The van der Waals surface area contributed by atoms with Crippen molar-refractivity contribution in [2.24, 2.45) is 0 Å². The van der Waals surface area contributed by atoms with E-state index in [1.165, 1.54) is 0 Å². The molecule has 0 aliphatic rings. The molecule has 0 radical (unpaired) electrons. The zero-order chi connectivity index (χ0) is 9.00. The van der Waals surface area contributed by atoms with Crippen LogP contribution in [0.4, 0.5) is 0 Å². The van der Waals surface area contributed by atoms with E-state index in [1.54, 1.807) is 0 Å². The minimum absolute atomic E-state index is 0. The fourth-order valence-electron chi connectivity index (χ4n) is 0. The van der Waals surface area contributed by atoms with Crippen LogP contribution in [0.25, 0.3) is 0 Å². The van der Waals surface area contributed by atoms with Crippen LogP contribution in [0.2, 0.25) is 0 Å². The quantitative estimate of drug-likeness (QED) is 0.406. The van der Waals surface area contributed by atoms with Crippen LogP contribution in [-0.4, -0.2) is 14.8 Å². The van der Waals surface area contributed by atoms with Gasteiger partial charge in [0.05, 0.1) is 29.8 Å². The molecule has 0 rings (SSSR count). The molecule has 0 unspecified atom stereocenters. The smallest absolute Gasteiger partial charge is 0.0777 e. The molecule has 74 valence electrons. The van der Waals surface area contributed by atoms with E-state index >= 15 is 0 Å². The molecule has 0 aliphatic carbocycles. The molecule has 4 N–H and O–H groups in total. The van der Waals surface area contributed by atoms with Crippen molar-refractivity contribution in [1.82, 2.24) is 0 Å². The summed E-state index contributed by atoms with van der Waals surface area (Å²) in [7, 11) is -9.39. The first-order valence-corrected chi connectivity index (χ1v) is 3.79. The SMILES string of the molecule is O.[Cd].[O-][Cl+3]([O-])([O-])O.[O-][Cl+3]([O-])([O-])O. The molecule has 12 heavy (non-hydrogen) atoms. The van der Waals surface area contributed by atoms with Crippen LogP contribution in [-0.2, 0) is 27.3 Å². The predicted molar refractivity (Wildman–Crippen MR) is 8.05 cm³/mol. The van der Waals surface area contributed by atoms with E-state index in [9.17, 15) is 0 Å². The van der Waals surface area contributed by atoms with Crippen LogP contribution in [0.1, 0.15) is 0 Å². The van der Waals surface area contributed by atoms with Crippen molar-refractivity contribution in [3.63, 3.8) is 0 Å². The normalized spacial score (nSPS) is 10.0. The molecule has 0 bridgehead atoms. The van der Waals surface area contributed by atoms with Gasteiger partial charge in [0.1, 0.15) is 0 Å². The fourth-order valence-corrected chi connectivity index (χ4v) is 0. The van der Waals surface area contributed by atoms with E-state index in [4.69, 9.17) is 37.3 Å². The summed E-state index contributed by atoms with van der Waals surface area (Å²) < 4.78 is 65.4. The number of hydrogen-bond acceptors (Lipinski definition) is 8. The monoisotopic (exact) mass is 332 g/mol. The summed E-state index contributed by atoms with van der Waals surface area (Å²) in [6.07, 6.45) is 0. The Kier molecular flexibility index (Phi) is 16.9. The second kappa shape index (κ2) is 8.73. The van der Waals surface area contributed by atoms with Crippen LogP contribution in [0.15, 0.2) is 0 Å².